The number of fused-ring (bicyclic) bond motifs is 5. The Kier molecular flexibility index (Phi) is 4.53. The maximum atomic E-state index is 11.9. The Hall–Kier alpha value is -1.55. The van der Waals surface area contributed by atoms with Crippen molar-refractivity contribution in [3.63, 3.8) is 0 Å². The third-order valence-electron chi connectivity index (χ3n) is 7.24. The second-order valence-corrected chi connectivity index (χ2v) is 9.98. The SMILES string of the molecule is CC(C)(C)OC(=O)Oc1ccc2c(c1)CC[C@@H]1[C@@H]2CC[C@]2(C)[C@@H](O)CC[C@@H]12. The largest absolute Gasteiger partial charge is 0.514 e. The van der Waals surface area contributed by atoms with Gasteiger partial charge in [0.25, 0.3) is 0 Å². The molecule has 0 heterocycles. The molecule has 1 N–H and O–H groups in total. The summed E-state index contributed by atoms with van der Waals surface area (Å²) in [6, 6.07) is 6.08. The molecule has 0 spiro atoms. The fourth-order valence-corrected chi connectivity index (χ4v) is 5.96. The number of hydrogen-bond acceptors (Lipinski definition) is 4. The van der Waals surface area contributed by atoms with Crippen LogP contribution in [0.3, 0.4) is 0 Å². The molecular weight excluding hydrogens is 340 g/mol. The Bertz CT molecular complexity index is 734. The molecule has 0 aromatic heterocycles. The predicted molar refractivity (Wildman–Crippen MR) is 104 cm³/mol. The van der Waals surface area contributed by atoms with E-state index in [-0.39, 0.29) is 11.5 Å². The summed E-state index contributed by atoms with van der Waals surface area (Å²) in [4.78, 5) is 11.9. The average Bonchev–Trinajstić information content (AvgIpc) is 2.88. The van der Waals surface area contributed by atoms with E-state index in [0.717, 1.165) is 32.1 Å². The Labute approximate surface area is 162 Å². The zero-order chi connectivity index (χ0) is 19.4. The summed E-state index contributed by atoms with van der Waals surface area (Å²) in [6.07, 6.45) is 5.78. The molecule has 2 fully saturated rings. The number of carbonyl (C=O) groups excluding carboxylic acids is 1. The van der Waals surface area contributed by atoms with Crippen molar-refractivity contribution in [1.29, 1.82) is 0 Å². The molecule has 3 aliphatic rings. The van der Waals surface area contributed by atoms with E-state index in [2.05, 4.69) is 13.0 Å². The summed E-state index contributed by atoms with van der Waals surface area (Å²) in [5.74, 6) is 2.45. The van der Waals surface area contributed by atoms with E-state index in [9.17, 15) is 9.90 Å². The van der Waals surface area contributed by atoms with Crippen LogP contribution in [0, 0.1) is 17.3 Å². The van der Waals surface area contributed by atoms with E-state index in [1.807, 2.05) is 32.9 Å². The molecule has 0 radical (unpaired) electrons. The van der Waals surface area contributed by atoms with E-state index < -0.39 is 11.8 Å². The quantitative estimate of drug-likeness (QED) is 0.542. The summed E-state index contributed by atoms with van der Waals surface area (Å²) in [6.45, 7) is 7.80. The molecule has 0 unspecified atom stereocenters. The normalized spacial score (nSPS) is 35.0. The number of aryl methyl sites for hydroxylation is 1. The van der Waals surface area contributed by atoms with Gasteiger partial charge in [-0.05, 0) is 106 Å². The highest BCUT2D eigenvalue weighted by Crippen LogP contribution is 2.60. The molecule has 0 amide bonds. The fraction of sp³-hybridized carbons (Fsp3) is 0.696. The smallest absolute Gasteiger partial charge is 0.428 e. The monoisotopic (exact) mass is 372 g/mol. The van der Waals surface area contributed by atoms with Crippen LogP contribution >= 0.6 is 0 Å². The van der Waals surface area contributed by atoms with E-state index >= 15 is 0 Å². The number of aliphatic hydroxyl groups is 1. The second kappa shape index (κ2) is 6.51. The standard InChI is InChI=1S/C23H32O4/c1-22(2,3)27-21(25)26-15-6-8-16-14(13-15)5-7-18-17(16)11-12-23(4)19(18)9-10-20(23)24/h6,8,13,17-20,24H,5,7,9-12H2,1-4H3/t17-,18-,19+,20+,23+/m1/s1. The van der Waals surface area contributed by atoms with Crippen molar-refractivity contribution in [1.82, 2.24) is 0 Å². The lowest BCUT2D eigenvalue weighted by atomic mass is 9.55. The minimum absolute atomic E-state index is 0.110. The Morgan fingerprint density at radius 3 is 2.70 bits per heavy atom. The molecule has 27 heavy (non-hydrogen) atoms. The third kappa shape index (κ3) is 3.37. The van der Waals surface area contributed by atoms with Crippen molar-refractivity contribution in [3.8, 4) is 5.75 Å². The molecule has 4 heteroatoms. The van der Waals surface area contributed by atoms with Crippen LogP contribution in [0.15, 0.2) is 18.2 Å². The molecule has 0 saturated heterocycles. The number of carbonyl (C=O) groups is 1. The van der Waals surface area contributed by atoms with Crippen molar-refractivity contribution in [2.75, 3.05) is 0 Å². The Morgan fingerprint density at radius 1 is 1.19 bits per heavy atom. The zero-order valence-electron chi connectivity index (χ0n) is 17.0. The minimum Gasteiger partial charge on any atom is -0.428 e. The molecule has 148 valence electrons. The lowest BCUT2D eigenvalue weighted by Crippen LogP contribution is -2.43. The van der Waals surface area contributed by atoms with Crippen LogP contribution in [-0.2, 0) is 11.2 Å². The average molecular weight is 373 g/mol. The van der Waals surface area contributed by atoms with Crippen LogP contribution in [0.5, 0.6) is 5.75 Å². The summed E-state index contributed by atoms with van der Waals surface area (Å²) >= 11 is 0. The highest BCUT2D eigenvalue weighted by molar-refractivity contribution is 5.64. The highest BCUT2D eigenvalue weighted by atomic mass is 16.7. The molecule has 0 bridgehead atoms. The molecule has 1 aromatic rings. The van der Waals surface area contributed by atoms with Crippen molar-refractivity contribution in [3.05, 3.63) is 29.3 Å². The predicted octanol–water partition coefficient (Wildman–Crippen LogP) is 5.22. The lowest BCUT2D eigenvalue weighted by Gasteiger charge is -2.50. The molecule has 5 atom stereocenters. The van der Waals surface area contributed by atoms with Crippen LogP contribution in [0.4, 0.5) is 4.79 Å². The molecule has 2 saturated carbocycles. The summed E-state index contributed by atoms with van der Waals surface area (Å²) in [7, 11) is 0. The lowest BCUT2D eigenvalue weighted by molar-refractivity contribution is -0.0226. The van der Waals surface area contributed by atoms with Crippen molar-refractivity contribution in [2.45, 2.75) is 83.8 Å². The molecular formula is C23H32O4. The van der Waals surface area contributed by atoms with E-state index in [1.54, 1.807) is 0 Å². The second-order valence-electron chi connectivity index (χ2n) is 9.98. The van der Waals surface area contributed by atoms with Gasteiger partial charge >= 0.3 is 6.16 Å². The number of rotatable bonds is 1. The maximum Gasteiger partial charge on any atom is 0.514 e. The first-order valence-corrected chi connectivity index (χ1v) is 10.4. The molecule has 4 nitrogen and oxygen atoms in total. The molecule has 4 rings (SSSR count). The Morgan fingerprint density at radius 2 is 1.96 bits per heavy atom. The van der Waals surface area contributed by atoms with Gasteiger partial charge in [0.15, 0.2) is 0 Å². The van der Waals surface area contributed by atoms with E-state index in [0.29, 0.717) is 23.5 Å². The third-order valence-corrected chi connectivity index (χ3v) is 7.24. The Balaban J connectivity index is 1.52. The first-order valence-electron chi connectivity index (χ1n) is 10.4. The maximum absolute atomic E-state index is 11.9. The van der Waals surface area contributed by atoms with Crippen molar-refractivity contribution < 1.29 is 19.4 Å². The number of benzene rings is 1. The topological polar surface area (TPSA) is 55.8 Å². The van der Waals surface area contributed by atoms with Crippen LogP contribution in [-0.4, -0.2) is 23.0 Å². The summed E-state index contributed by atoms with van der Waals surface area (Å²) in [5.41, 5.74) is 2.28. The number of aliphatic hydroxyl groups excluding tert-OH is 1. The minimum atomic E-state index is -0.649. The van der Waals surface area contributed by atoms with Gasteiger partial charge in [-0.1, -0.05) is 13.0 Å². The number of hydrogen-bond donors (Lipinski definition) is 1. The van der Waals surface area contributed by atoms with E-state index in [4.69, 9.17) is 9.47 Å². The summed E-state index contributed by atoms with van der Waals surface area (Å²) < 4.78 is 10.7. The van der Waals surface area contributed by atoms with Gasteiger partial charge in [-0.3, -0.25) is 0 Å². The molecule has 1 aromatic carbocycles. The van der Waals surface area contributed by atoms with Crippen LogP contribution < -0.4 is 4.74 Å². The van der Waals surface area contributed by atoms with Crippen LogP contribution in [0.25, 0.3) is 0 Å². The van der Waals surface area contributed by atoms with Gasteiger partial charge in [0, 0.05) is 0 Å². The van der Waals surface area contributed by atoms with Gasteiger partial charge in [0.2, 0.25) is 0 Å². The van der Waals surface area contributed by atoms with Gasteiger partial charge in [-0.15, -0.1) is 0 Å². The molecule has 0 aliphatic heterocycles. The van der Waals surface area contributed by atoms with Gasteiger partial charge in [-0.2, -0.15) is 0 Å². The first kappa shape index (κ1) is 18.8. The van der Waals surface area contributed by atoms with Gasteiger partial charge in [0.05, 0.1) is 6.10 Å². The summed E-state index contributed by atoms with van der Waals surface area (Å²) in [5, 5.41) is 10.5. The highest BCUT2D eigenvalue weighted by Gasteiger charge is 2.54. The van der Waals surface area contributed by atoms with Crippen LogP contribution in [0.1, 0.15) is 76.8 Å². The number of ether oxygens (including phenoxy) is 2. The van der Waals surface area contributed by atoms with E-state index in [1.165, 1.54) is 17.5 Å². The van der Waals surface area contributed by atoms with Crippen molar-refractivity contribution in [2.24, 2.45) is 17.3 Å². The fourth-order valence-electron chi connectivity index (χ4n) is 5.96. The van der Waals surface area contributed by atoms with Crippen molar-refractivity contribution >= 4 is 6.16 Å². The zero-order valence-corrected chi connectivity index (χ0v) is 17.0. The van der Waals surface area contributed by atoms with Crippen LogP contribution in [0.2, 0.25) is 0 Å². The molecule has 3 aliphatic carbocycles. The first-order chi connectivity index (χ1) is 12.7. The van der Waals surface area contributed by atoms with Gasteiger partial charge in [-0.25, -0.2) is 4.79 Å². The van der Waals surface area contributed by atoms with Gasteiger partial charge in [0.1, 0.15) is 11.4 Å². The van der Waals surface area contributed by atoms with Gasteiger partial charge < -0.3 is 14.6 Å².